The van der Waals surface area contributed by atoms with Crippen molar-refractivity contribution in [2.75, 3.05) is 0 Å². The van der Waals surface area contributed by atoms with Gasteiger partial charge >= 0.3 is 0 Å². The summed E-state index contributed by atoms with van der Waals surface area (Å²) in [6.45, 7) is 6.78. The van der Waals surface area contributed by atoms with Gasteiger partial charge in [0.25, 0.3) is 0 Å². The third-order valence-corrected chi connectivity index (χ3v) is 2.58. The first-order valence-corrected chi connectivity index (χ1v) is 6.64. The van der Waals surface area contributed by atoms with Crippen LogP contribution in [0.2, 0.25) is 0 Å². The maximum absolute atomic E-state index is 5.69. The molecule has 0 amide bonds. The molecular formula is C17H22O. The van der Waals surface area contributed by atoms with Crippen LogP contribution in [0.1, 0.15) is 31.9 Å². The quantitative estimate of drug-likeness (QED) is 0.744. The third-order valence-electron chi connectivity index (χ3n) is 2.58. The van der Waals surface area contributed by atoms with Crippen LogP contribution >= 0.6 is 0 Å². The third kappa shape index (κ3) is 4.62. The molecule has 0 unspecified atom stereocenters. The normalized spacial score (nSPS) is 9.28. The smallest absolute Gasteiger partial charge is 0.119 e. The van der Waals surface area contributed by atoms with Gasteiger partial charge in [-0.25, -0.2) is 0 Å². The molecule has 0 spiro atoms. The lowest BCUT2D eigenvalue weighted by molar-refractivity contribution is 0.306. The second kappa shape index (κ2) is 8.35. The van der Waals surface area contributed by atoms with Crippen LogP contribution in [0.15, 0.2) is 54.6 Å². The Hall–Kier alpha value is -1.76. The van der Waals surface area contributed by atoms with Gasteiger partial charge in [0.05, 0.1) is 0 Å². The van der Waals surface area contributed by atoms with E-state index in [1.165, 1.54) is 11.1 Å². The maximum Gasteiger partial charge on any atom is 0.119 e. The molecule has 0 aliphatic carbocycles. The summed E-state index contributed by atoms with van der Waals surface area (Å²) in [7, 11) is 0. The second-order valence-electron chi connectivity index (χ2n) is 3.77. The van der Waals surface area contributed by atoms with E-state index in [1.807, 2.05) is 44.2 Å². The largest absolute Gasteiger partial charge is 0.489 e. The van der Waals surface area contributed by atoms with Crippen molar-refractivity contribution in [1.82, 2.24) is 0 Å². The summed E-state index contributed by atoms with van der Waals surface area (Å²) in [4.78, 5) is 0. The van der Waals surface area contributed by atoms with E-state index >= 15 is 0 Å². The standard InChI is InChI=1S/C15H16O.C2H6/c1-2-13-8-10-15(11-9-13)16-12-14-6-4-3-5-7-14;1-2/h3-11H,2,12H2,1H3;1-2H3. The molecule has 1 heteroatoms. The average molecular weight is 242 g/mol. The Balaban J connectivity index is 0.000000771. The number of ether oxygens (including phenoxy) is 1. The van der Waals surface area contributed by atoms with E-state index in [-0.39, 0.29) is 0 Å². The zero-order valence-corrected chi connectivity index (χ0v) is 11.5. The van der Waals surface area contributed by atoms with Crippen LogP contribution in [0.3, 0.4) is 0 Å². The van der Waals surface area contributed by atoms with Crippen molar-refractivity contribution in [1.29, 1.82) is 0 Å². The van der Waals surface area contributed by atoms with Crippen LogP contribution in [0.4, 0.5) is 0 Å². The van der Waals surface area contributed by atoms with Crippen molar-refractivity contribution in [2.45, 2.75) is 33.8 Å². The SMILES string of the molecule is CC.CCc1ccc(OCc2ccccc2)cc1. The Bertz CT molecular complexity index is 417. The van der Waals surface area contributed by atoms with Crippen molar-refractivity contribution in [2.24, 2.45) is 0 Å². The molecule has 0 saturated carbocycles. The summed E-state index contributed by atoms with van der Waals surface area (Å²) in [5.41, 5.74) is 2.54. The van der Waals surface area contributed by atoms with Crippen LogP contribution < -0.4 is 4.74 Å². The van der Waals surface area contributed by atoms with Crippen LogP contribution in [0, 0.1) is 0 Å². The Morgan fingerprint density at radius 3 is 1.94 bits per heavy atom. The van der Waals surface area contributed by atoms with E-state index < -0.39 is 0 Å². The van der Waals surface area contributed by atoms with Gasteiger partial charge in [0.1, 0.15) is 12.4 Å². The van der Waals surface area contributed by atoms with Gasteiger partial charge < -0.3 is 4.74 Å². The fraction of sp³-hybridized carbons (Fsp3) is 0.294. The van der Waals surface area contributed by atoms with Gasteiger partial charge in [0.2, 0.25) is 0 Å². The Kier molecular flexibility index (Phi) is 6.63. The highest BCUT2D eigenvalue weighted by Gasteiger charge is 1.95. The molecule has 0 fully saturated rings. The molecule has 2 rings (SSSR count). The van der Waals surface area contributed by atoms with Crippen molar-refractivity contribution in [3.63, 3.8) is 0 Å². The Labute approximate surface area is 110 Å². The summed E-state index contributed by atoms with van der Waals surface area (Å²) < 4.78 is 5.69. The Morgan fingerprint density at radius 1 is 0.778 bits per heavy atom. The summed E-state index contributed by atoms with van der Waals surface area (Å²) >= 11 is 0. The topological polar surface area (TPSA) is 9.23 Å². The fourth-order valence-corrected chi connectivity index (χ4v) is 1.56. The molecular weight excluding hydrogens is 220 g/mol. The summed E-state index contributed by atoms with van der Waals surface area (Å²) in [6.07, 6.45) is 1.07. The van der Waals surface area contributed by atoms with Gasteiger partial charge in [-0.2, -0.15) is 0 Å². The van der Waals surface area contributed by atoms with Gasteiger partial charge in [-0.15, -0.1) is 0 Å². The number of aryl methyl sites for hydroxylation is 1. The van der Waals surface area contributed by atoms with Gasteiger partial charge in [-0.3, -0.25) is 0 Å². The second-order valence-corrected chi connectivity index (χ2v) is 3.77. The Morgan fingerprint density at radius 2 is 1.39 bits per heavy atom. The van der Waals surface area contributed by atoms with E-state index in [9.17, 15) is 0 Å². The molecule has 0 aliphatic heterocycles. The van der Waals surface area contributed by atoms with Crippen molar-refractivity contribution >= 4 is 0 Å². The lowest BCUT2D eigenvalue weighted by atomic mass is 10.2. The molecule has 0 heterocycles. The lowest BCUT2D eigenvalue weighted by Crippen LogP contribution is -1.94. The minimum atomic E-state index is 0.631. The molecule has 2 aromatic carbocycles. The van der Waals surface area contributed by atoms with E-state index in [0.717, 1.165) is 12.2 Å². The summed E-state index contributed by atoms with van der Waals surface area (Å²) in [5, 5.41) is 0. The average Bonchev–Trinajstić information content (AvgIpc) is 2.49. The van der Waals surface area contributed by atoms with Crippen molar-refractivity contribution in [3.8, 4) is 5.75 Å². The van der Waals surface area contributed by atoms with E-state index in [2.05, 4.69) is 31.2 Å². The van der Waals surface area contributed by atoms with Crippen LogP contribution in [-0.2, 0) is 13.0 Å². The van der Waals surface area contributed by atoms with Crippen LogP contribution in [0.5, 0.6) is 5.75 Å². The number of benzene rings is 2. The lowest BCUT2D eigenvalue weighted by Gasteiger charge is -2.06. The fourth-order valence-electron chi connectivity index (χ4n) is 1.56. The van der Waals surface area contributed by atoms with Crippen LogP contribution in [0.25, 0.3) is 0 Å². The molecule has 18 heavy (non-hydrogen) atoms. The molecule has 0 radical (unpaired) electrons. The monoisotopic (exact) mass is 242 g/mol. The molecule has 0 bridgehead atoms. The zero-order valence-electron chi connectivity index (χ0n) is 11.5. The first kappa shape index (κ1) is 14.3. The molecule has 0 atom stereocenters. The molecule has 2 aromatic rings. The van der Waals surface area contributed by atoms with Gasteiger partial charge in [0, 0.05) is 0 Å². The van der Waals surface area contributed by atoms with E-state index in [4.69, 9.17) is 4.74 Å². The van der Waals surface area contributed by atoms with Gasteiger partial charge in [-0.05, 0) is 29.7 Å². The molecule has 1 nitrogen and oxygen atoms in total. The summed E-state index contributed by atoms with van der Waals surface area (Å²) in [5.74, 6) is 0.932. The predicted octanol–water partition coefficient (Wildman–Crippen LogP) is 4.85. The van der Waals surface area contributed by atoms with Crippen molar-refractivity contribution in [3.05, 3.63) is 65.7 Å². The van der Waals surface area contributed by atoms with E-state index in [1.54, 1.807) is 0 Å². The summed E-state index contributed by atoms with van der Waals surface area (Å²) in [6, 6.07) is 18.5. The zero-order chi connectivity index (χ0) is 13.2. The van der Waals surface area contributed by atoms with E-state index in [0.29, 0.717) is 6.61 Å². The predicted molar refractivity (Wildman–Crippen MR) is 77.9 cm³/mol. The van der Waals surface area contributed by atoms with Gasteiger partial charge in [0.15, 0.2) is 0 Å². The molecule has 96 valence electrons. The van der Waals surface area contributed by atoms with Gasteiger partial charge in [-0.1, -0.05) is 63.2 Å². The molecule has 0 N–H and O–H groups in total. The minimum absolute atomic E-state index is 0.631. The maximum atomic E-state index is 5.69. The van der Waals surface area contributed by atoms with Crippen LogP contribution in [-0.4, -0.2) is 0 Å². The molecule has 0 saturated heterocycles. The minimum Gasteiger partial charge on any atom is -0.489 e. The first-order chi connectivity index (χ1) is 8.88. The highest BCUT2D eigenvalue weighted by atomic mass is 16.5. The number of rotatable bonds is 4. The molecule has 0 aromatic heterocycles. The molecule has 0 aliphatic rings. The number of hydrogen-bond acceptors (Lipinski definition) is 1. The number of hydrogen-bond donors (Lipinski definition) is 0. The highest BCUT2D eigenvalue weighted by Crippen LogP contribution is 2.14. The van der Waals surface area contributed by atoms with Crippen molar-refractivity contribution < 1.29 is 4.74 Å². The first-order valence-electron chi connectivity index (χ1n) is 6.64. The highest BCUT2D eigenvalue weighted by molar-refractivity contribution is 5.27.